The van der Waals surface area contributed by atoms with Gasteiger partial charge in [-0.3, -0.25) is 4.98 Å². The van der Waals surface area contributed by atoms with E-state index >= 15 is 0 Å². The van der Waals surface area contributed by atoms with Crippen LogP contribution < -0.4 is 5.32 Å². The molecular weight excluding hydrogens is 269 g/mol. The third kappa shape index (κ3) is 3.43. The quantitative estimate of drug-likeness (QED) is 0.934. The summed E-state index contributed by atoms with van der Waals surface area (Å²) in [7, 11) is 0. The molecule has 0 saturated heterocycles. The Kier molecular flexibility index (Phi) is 4.16. The zero-order valence-corrected chi connectivity index (χ0v) is 10.8. The van der Waals surface area contributed by atoms with Crippen molar-refractivity contribution >= 4 is 5.82 Å². The van der Waals surface area contributed by atoms with Crippen LogP contribution in [0.25, 0.3) is 11.3 Å². The Hall–Kier alpha value is -2.18. The number of anilines is 1. The van der Waals surface area contributed by atoms with Gasteiger partial charge in [-0.15, -0.1) is 0 Å². The lowest BCUT2D eigenvalue weighted by Crippen LogP contribution is -2.14. The fourth-order valence-electron chi connectivity index (χ4n) is 1.58. The van der Waals surface area contributed by atoms with Crippen LogP contribution in [0.2, 0.25) is 0 Å². The van der Waals surface area contributed by atoms with Gasteiger partial charge >= 0.3 is 6.18 Å². The summed E-state index contributed by atoms with van der Waals surface area (Å²) in [6, 6.07) is 4.78. The molecule has 2 aromatic rings. The van der Waals surface area contributed by atoms with Crippen molar-refractivity contribution in [2.24, 2.45) is 0 Å². The van der Waals surface area contributed by atoms with E-state index in [9.17, 15) is 13.2 Å². The van der Waals surface area contributed by atoms with Crippen molar-refractivity contribution in [3.8, 4) is 11.3 Å². The lowest BCUT2D eigenvalue weighted by Gasteiger charge is -2.11. The van der Waals surface area contributed by atoms with Crippen LogP contribution in [0.3, 0.4) is 0 Å². The molecule has 20 heavy (non-hydrogen) atoms. The summed E-state index contributed by atoms with van der Waals surface area (Å²) in [4.78, 5) is 10.9. The van der Waals surface area contributed by atoms with Gasteiger partial charge in [0.2, 0.25) is 5.82 Å². The first kappa shape index (κ1) is 14.2. The molecule has 0 aliphatic heterocycles. The first-order valence-electron chi connectivity index (χ1n) is 6.11. The minimum Gasteiger partial charge on any atom is -0.370 e. The van der Waals surface area contributed by atoms with Gasteiger partial charge in [-0.1, -0.05) is 6.92 Å². The van der Waals surface area contributed by atoms with Crippen molar-refractivity contribution in [3.05, 3.63) is 36.4 Å². The molecule has 0 aromatic carbocycles. The predicted octanol–water partition coefficient (Wildman–Crippen LogP) is 3.38. The topological polar surface area (TPSA) is 50.7 Å². The molecule has 2 aromatic heterocycles. The molecule has 0 fully saturated rings. The van der Waals surface area contributed by atoms with Crippen LogP contribution in [-0.4, -0.2) is 21.5 Å². The van der Waals surface area contributed by atoms with E-state index in [0.29, 0.717) is 12.1 Å². The Morgan fingerprint density at radius 3 is 2.65 bits per heavy atom. The minimum absolute atomic E-state index is 0.160. The number of alkyl halides is 3. The molecule has 4 nitrogen and oxygen atoms in total. The average Bonchev–Trinajstić information content (AvgIpc) is 2.45. The van der Waals surface area contributed by atoms with Crippen LogP contribution in [-0.2, 0) is 6.18 Å². The molecule has 0 radical (unpaired) electrons. The largest absolute Gasteiger partial charge is 0.451 e. The van der Waals surface area contributed by atoms with Gasteiger partial charge in [0, 0.05) is 30.6 Å². The summed E-state index contributed by atoms with van der Waals surface area (Å²) in [5.41, 5.74) is 0.707. The molecule has 0 atom stereocenters. The smallest absolute Gasteiger partial charge is 0.370 e. The standard InChI is InChI=1S/C13H13F3N4/c1-2-5-18-11-7-10(9-4-3-6-17-8-9)19-12(20-11)13(14,15)16/h3-4,6-8H,2,5H2,1H3,(H,18,19,20). The van der Waals surface area contributed by atoms with Crippen LogP contribution in [0.5, 0.6) is 0 Å². The summed E-state index contributed by atoms with van der Waals surface area (Å²) in [6.07, 6.45) is -0.786. The van der Waals surface area contributed by atoms with Gasteiger partial charge in [0.25, 0.3) is 0 Å². The van der Waals surface area contributed by atoms with Gasteiger partial charge in [0.05, 0.1) is 5.69 Å². The van der Waals surface area contributed by atoms with Crippen molar-refractivity contribution < 1.29 is 13.2 Å². The van der Waals surface area contributed by atoms with E-state index in [4.69, 9.17) is 0 Å². The SMILES string of the molecule is CCCNc1cc(-c2cccnc2)nc(C(F)(F)F)n1. The number of halogens is 3. The minimum atomic E-state index is -4.58. The Bertz CT molecular complexity index is 570. The number of hydrogen-bond acceptors (Lipinski definition) is 4. The molecule has 1 N–H and O–H groups in total. The molecule has 2 heterocycles. The first-order chi connectivity index (χ1) is 9.50. The Balaban J connectivity index is 2.46. The number of rotatable bonds is 4. The van der Waals surface area contributed by atoms with Gasteiger partial charge in [-0.2, -0.15) is 13.2 Å². The van der Waals surface area contributed by atoms with Gasteiger partial charge in [0.1, 0.15) is 5.82 Å². The number of aromatic nitrogens is 3. The van der Waals surface area contributed by atoms with Crippen LogP contribution in [0.15, 0.2) is 30.6 Å². The van der Waals surface area contributed by atoms with Crippen molar-refractivity contribution in [1.29, 1.82) is 0 Å². The second-order valence-electron chi connectivity index (χ2n) is 4.13. The highest BCUT2D eigenvalue weighted by molar-refractivity contribution is 5.61. The Labute approximate surface area is 114 Å². The van der Waals surface area contributed by atoms with E-state index in [2.05, 4.69) is 20.3 Å². The summed E-state index contributed by atoms with van der Waals surface area (Å²) < 4.78 is 38.5. The fraction of sp³-hybridized carbons (Fsp3) is 0.308. The number of hydrogen-bond donors (Lipinski definition) is 1. The monoisotopic (exact) mass is 282 g/mol. The highest BCUT2D eigenvalue weighted by Gasteiger charge is 2.35. The molecular formula is C13H13F3N4. The molecule has 0 spiro atoms. The third-order valence-corrected chi connectivity index (χ3v) is 2.49. The summed E-state index contributed by atoms with van der Waals surface area (Å²) in [5, 5.41) is 2.85. The molecule has 7 heteroatoms. The highest BCUT2D eigenvalue weighted by atomic mass is 19.4. The van der Waals surface area contributed by atoms with Crippen LogP contribution >= 0.6 is 0 Å². The van der Waals surface area contributed by atoms with Crippen molar-refractivity contribution in [2.75, 3.05) is 11.9 Å². The Morgan fingerprint density at radius 1 is 1.25 bits per heavy atom. The van der Waals surface area contributed by atoms with E-state index in [1.807, 2.05) is 6.92 Å². The molecule has 0 saturated carbocycles. The maximum Gasteiger partial charge on any atom is 0.451 e. The van der Waals surface area contributed by atoms with Crippen molar-refractivity contribution in [1.82, 2.24) is 15.0 Å². The lowest BCUT2D eigenvalue weighted by atomic mass is 10.2. The summed E-state index contributed by atoms with van der Waals surface area (Å²) in [6.45, 7) is 2.46. The van der Waals surface area contributed by atoms with Gasteiger partial charge in [-0.25, -0.2) is 9.97 Å². The van der Waals surface area contributed by atoms with Crippen LogP contribution in [0, 0.1) is 0 Å². The highest BCUT2D eigenvalue weighted by Crippen LogP contribution is 2.29. The maximum atomic E-state index is 12.8. The molecule has 2 rings (SSSR count). The lowest BCUT2D eigenvalue weighted by molar-refractivity contribution is -0.144. The zero-order chi connectivity index (χ0) is 14.6. The third-order valence-electron chi connectivity index (χ3n) is 2.49. The van der Waals surface area contributed by atoms with E-state index < -0.39 is 12.0 Å². The molecule has 0 aliphatic rings. The van der Waals surface area contributed by atoms with Gasteiger partial charge in [0.15, 0.2) is 0 Å². The number of nitrogens with zero attached hydrogens (tertiary/aromatic N) is 3. The van der Waals surface area contributed by atoms with Gasteiger partial charge < -0.3 is 5.32 Å². The second-order valence-corrected chi connectivity index (χ2v) is 4.13. The maximum absolute atomic E-state index is 12.8. The van der Waals surface area contributed by atoms with Gasteiger partial charge in [-0.05, 0) is 18.6 Å². The van der Waals surface area contributed by atoms with E-state index in [-0.39, 0.29) is 11.5 Å². The second kappa shape index (κ2) is 5.85. The normalized spacial score (nSPS) is 11.4. The van der Waals surface area contributed by atoms with E-state index in [1.165, 1.54) is 12.3 Å². The Morgan fingerprint density at radius 2 is 2.05 bits per heavy atom. The van der Waals surface area contributed by atoms with Crippen molar-refractivity contribution in [3.63, 3.8) is 0 Å². The van der Waals surface area contributed by atoms with E-state index in [1.54, 1.807) is 18.3 Å². The summed E-state index contributed by atoms with van der Waals surface area (Å²) >= 11 is 0. The molecule has 106 valence electrons. The molecule has 0 unspecified atom stereocenters. The predicted molar refractivity (Wildman–Crippen MR) is 69.0 cm³/mol. The number of pyridine rings is 1. The molecule has 0 aliphatic carbocycles. The van der Waals surface area contributed by atoms with E-state index in [0.717, 1.165) is 6.42 Å². The molecule has 0 amide bonds. The fourth-order valence-corrected chi connectivity index (χ4v) is 1.58. The van der Waals surface area contributed by atoms with Crippen LogP contribution in [0.1, 0.15) is 19.2 Å². The number of nitrogens with one attached hydrogen (secondary N) is 1. The summed E-state index contributed by atoms with van der Waals surface area (Å²) in [5.74, 6) is -0.995. The zero-order valence-electron chi connectivity index (χ0n) is 10.8. The van der Waals surface area contributed by atoms with Crippen LogP contribution in [0.4, 0.5) is 19.0 Å². The molecule has 0 bridgehead atoms. The average molecular weight is 282 g/mol. The van der Waals surface area contributed by atoms with Crippen molar-refractivity contribution in [2.45, 2.75) is 19.5 Å². The first-order valence-corrected chi connectivity index (χ1v) is 6.11.